The Morgan fingerprint density at radius 3 is 2.74 bits per heavy atom. The molecular weight excluding hydrogens is 392 g/mol. The van der Waals surface area contributed by atoms with Crippen LogP contribution in [0.25, 0.3) is 11.4 Å². The van der Waals surface area contributed by atoms with Crippen molar-refractivity contribution in [1.29, 1.82) is 0 Å². The lowest BCUT2D eigenvalue weighted by Crippen LogP contribution is -2.16. The van der Waals surface area contributed by atoms with E-state index in [0.29, 0.717) is 40.1 Å². The van der Waals surface area contributed by atoms with E-state index in [1.54, 1.807) is 25.3 Å². The zero-order valence-electron chi connectivity index (χ0n) is 14.0. The Hall–Kier alpha value is -2.73. The molecule has 5 N–H and O–H groups in total. The van der Waals surface area contributed by atoms with Gasteiger partial charge in [0.05, 0.1) is 17.6 Å². The van der Waals surface area contributed by atoms with Gasteiger partial charge in [0.1, 0.15) is 22.5 Å². The van der Waals surface area contributed by atoms with Gasteiger partial charge in [-0.1, -0.05) is 11.6 Å². The van der Waals surface area contributed by atoms with Gasteiger partial charge < -0.3 is 11.1 Å². The minimum Gasteiger partial charge on any atom is -0.384 e. The van der Waals surface area contributed by atoms with Crippen molar-refractivity contribution in [3.05, 3.63) is 47.3 Å². The van der Waals surface area contributed by atoms with Gasteiger partial charge in [0, 0.05) is 30.6 Å². The number of halogens is 1. The molecule has 0 spiro atoms. The van der Waals surface area contributed by atoms with Crippen LogP contribution < -0.4 is 15.8 Å². The lowest BCUT2D eigenvalue weighted by Gasteiger charge is -2.12. The Morgan fingerprint density at radius 2 is 2.00 bits per heavy atom. The largest absolute Gasteiger partial charge is 0.384 e. The van der Waals surface area contributed by atoms with Crippen LogP contribution in [0.2, 0.25) is 5.15 Å². The Morgan fingerprint density at radius 1 is 1.22 bits per heavy atom. The van der Waals surface area contributed by atoms with Crippen LogP contribution in [0.15, 0.2) is 30.7 Å². The predicted molar refractivity (Wildman–Crippen MR) is 102 cm³/mol. The first-order chi connectivity index (χ1) is 12.9. The summed E-state index contributed by atoms with van der Waals surface area (Å²) in [4.78, 5) is 21.1. The fraction of sp³-hybridized carbons (Fsp3) is 0.133. The van der Waals surface area contributed by atoms with Crippen LogP contribution in [0.1, 0.15) is 11.4 Å². The highest BCUT2D eigenvalue weighted by molar-refractivity contribution is 7.77. The van der Waals surface area contributed by atoms with Gasteiger partial charge in [-0.05, 0) is 13.0 Å². The average molecular weight is 407 g/mol. The quantitative estimate of drug-likeness (QED) is 0.354. The number of nitrogens with one attached hydrogen (secondary N) is 2. The van der Waals surface area contributed by atoms with E-state index in [4.69, 9.17) is 21.9 Å². The number of aryl methyl sites for hydroxylation is 1. The van der Waals surface area contributed by atoms with E-state index in [2.05, 4.69) is 35.0 Å². The highest BCUT2D eigenvalue weighted by Crippen LogP contribution is 2.27. The molecule has 0 saturated heterocycles. The molecule has 0 saturated carbocycles. The van der Waals surface area contributed by atoms with Crippen LogP contribution in [0, 0.1) is 6.92 Å². The zero-order valence-corrected chi connectivity index (χ0v) is 15.6. The SMILES string of the molecule is Cc1nc(N)cc(-c2nccnc2Nc2cnc(Cl)c(CNS(=O)O)c2)n1. The van der Waals surface area contributed by atoms with E-state index in [1.807, 2.05) is 0 Å². The van der Waals surface area contributed by atoms with Crippen molar-refractivity contribution >= 4 is 40.2 Å². The van der Waals surface area contributed by atoms with Gasteiger partial charge in [0.2, 0.25) is 11.3 Å². The van der Waals surface area contributed by atoms with Crippen LogP contribution in [-0.2, 0) is 17.8 Å². The van der Waals surface area contributed by atoms with Crippen LogP contribution in [-0.4, -0.2) is 33.7 Å². The zero-order chi connectivity index (χ0) is 19.4. The summed E-state index contributed by atoms with van der Waals surface area (Å²) in [5.41, 5.74) is 7.92. The molecule has 0 aliphatic carbocycles. The molecule has 0 aliphatic rings. The van der Waals surface area contributed by atoms with Crippen LogP contribution >= 0.6 is 11.6 Å². The van der Waals surface area contributed by atoms with Crippen molar-refractivity contribution in [3.8, 4) is 11.4 Å². The summed E-state index contributed by atoms with van der Waals surface area (Å²) < 4.78 is 22.0. The van der Waals surface area contributed by atoms with Gasteiger partial charge in [-0.15, -0.1) is 0 Å². The molecule has 3 rings (SSSR count). The maximum absolute atomic E-state index is 10.8. The maximum atomic E-state index is 10.8. The highest BCUT2D eigenvalue weighted by Gasteiger charge is 2.13. The second-order valence-electron chi connectivity index (χ2n) is 5.35. The molecule has 3 aromatic heterocycles. The number of hydrogen-bond donors (Lipinski definition) is 4. The Balaban J connectivity index is 1.93. The van der Waals surface area contributed by atoms with Crippen molar-refractivity contribution in [2.75, 3.05) is 11.1 Å². The molecular formula is C15H15ClN8O2S. The first-order valence-corrected chi connectivity index (χ1v) is 9.09. The summed E-state index contributed by atoms with van der Waals surface area (Å²) >= 11 is 3.87. The molecule has 1 unspecified atom stereocenters. The normalized spacial score (nSPS) is 12.0. The number of rotatable bonds is 6. The average Bonchev–Trinajstić information content (AvgIpc) is 2.61. The third-order valence-electron chi connectivity index (χ3n) is 3.36. The van der Waals surface area contributed by atoms with Crippen LogP contribution in [0.5, 0.6) is 0 Å². The number of pyridine rings is 1. The van der Waals surface area contributed by atoms with E-state index in [0.717, 1.165) is 0 Å². The summed E-state index contributed by atoms with van der Waals surface area (Å²) in [6, 6.07) is 3.29. The van der Waals surface area contributed by atoms with Crippen molar-refractivity contribution in [2.45, 2.75) is 13.5 Å². The standard InChI is InChI=1S/C15H15ClN8O2S/c1-8-22-11(5-12(17)23-8)13-15(19-3-2-18-13)24-10-4-9(6-21-27(25)26)14(16)20-7-10/h2-5,7,21H,6H2,1H3,(H,19,24)(H,25,26)(H2,17,22,23). The summed E-state index contributed by atoms with van der Waals surface area (Å²) in [5.74, 6) is 1.27. The van der Waals surface area contributed by atoms with Crippen LogP contribution in [0.3, 0.4) is 0 Å². The summed E-state index contributed by atoms with van der Waals surface area (Å²) in [7, 11) is 0. The number of nitrogens with zero attached hydrogens (tertiary/aromatic N) is 5. The number of nitrogen functional groups attached to an aromatic ring is 1. The fourth-order valence-corrected chi connectivity index (χ4v) is 2.74. The molecule has 140 valence electrons. The topological polar surface area (TPSA) is 152 Å². The molecule has 10 nitrogen and oxygen atoms in total. The molecule has 0 bridgehead atoms. The van der Waals surface area contributed by atoms with Gasteiger partial charge in [-0.2, -0.15) is 0 Å². The molecule has 12 heteroatoms. The van der Waals surface area contributed by atoms with Gasteiger partial charge in [0.25, 0.3) is 0 Å². The molecule has 27 heavy (non-hydrogen) atoms. The summed E-state index contributed by atoms with van der Waals surface area (Å²) in [6.07, 6.45) is 4.59. The molecule has 0 radical (unpaired) electrons. The fourth-order valence-electron chi connectivity index (χ4n) is 2.29. The highest BCUT2D eigenvalue weighted by atomic mass is 35.5. The Bertz CT molecular complexity index is 983. The van der Waals surface area contributed by atoms with Crippen LogP contribution in [0.4, 0.5) is 17.3 Å². The Labute approximate surface area is 162 Å². The van der Waals surface area contributed by atoms with Crippen molar-refractivity contribution < 1.29 is 8.76 Å². The molecule has 0 fully saturated rings. The maximum Gasteiger partial charge on any atom is 0.232 e. The molecule has 3 aromatic rings. The third kappa shape index (κ3) is 4.92. The summed E-state index contributed by atoms with van der Waals surface area (Å²) in [6.45, 7) is 1.80. The third-order valence-corrected chi connectivity index (χ3v) is 4.09. The molecule has 0 aliphatic heterocycles. The van der Waals surface area contributed by atoms with Gasteiger partial charge >= 0.3 is 0 Å². The van der Waals surface area contributed by atoms with E-state index in [1.165, 1.54) is 12.4 Å². The minimum absolute atomic E-state index is 0.0689. The lowest BCUT2D eigenvalue weighted by atomic mass is 10.2. The van der Waals surface area contributed by atoms with E-state index < -0.39 is 11.3 Å². The van der Waals surface area contributed by atoms with Gasteiger partial charge in [-0.25, -0.2) is 33.9 Å². The van der Waals surface area contributed by atoms with E-state index in [9.17, 15) is 4.21 Å². The number of nitrogens with two attached hydrogens (primary N) is 1. The number of hydrogen-bond acceptors (Lipinski definition) is 8. The second kappa shape index (κ2) is 8.31. The number of anilines is 3. The van der Waals surface area contributed by atoms with Crippen molar-refractivity contribution in [1.82, 2.24) is 29.6 Å². The molecule has 3 heterocycles. The Kier molecular flexibility index (Phi) is 5.86. The summed E-state index contributed by atoms with van der Waals surface area (Å²) in [5, 5.41) is 3.32. The molecule has 0 aromatic carbocycles. The second-order valence-corrected chi connectivity index (χ2v) is 6.49. The van der Waals surface area contributed by atoms with Gasteiger partial charge in [-0.3, -0.25) is 4.55 Å². The first kappa shape index (κ1) is 19.0. The lowest BCUT2D eigenvalue weighted by molar-refractivity contribution is 0.548. The number of aromatic nitrogens is 5. The van der Waals surface area contributed by atoms with Crippen molar-refractivity contribution in [2.24, 2.45) is 0 Å². The van der Waals surface area contributed by atoms with Crippen molar-refractivity contribution in [3.63, 3.8) is 0 Å². The van der Waals surface area contributed by atoms with Gasteiger partial charge in [0.15, 0.2) is 5.82 Å². The molecule has 0 amide bonds. The smallest absolute Gasteiger partial charge is 0.232 e. The first-order valence-electron chi connectivity index (χ1n) is 7.60. The van der Waals surface area contributed by atoms with E-state index >= 15 is 0 Å². The molecule has 1 atom stereocenters. The van der Waals surface area contributed by atoms with E-state index in [-0.39, 0.29) is 11.7 Å². The predicted octanol–water partition coefficient (Wildman–Crippen LogP) is 1.84. The minimum atomic E-state index is -2.16. The monoisotopic (exact) mass is 406 g/mol.